The molecule has 0 aliphatic rings. The maximum Gasteiger partial charge on any atom is 0.432 e. The third-order valence-electron chi connectivity index (χ3n) is 3.31. The topological polar surface area (TPSA) is 54.6 Å². The van der Waals surface area contributed by atoms with Crippen molar-refractivity contribution in [1.29, 1.82) is 0 Å². The van der Waals surface area contributed by atoms with Gasteiger partial charge in [0.25, 0.3) is 0 Å². The Kier molecular flexibility index (Phi) is 6.02. The normalized spacial score (nSPS) is 13.7. The molecule has 22 heavy (non-hydrogen) atoms. The summed E-state index contributed by atoms with van der Waals surface area (Å²) in [7, 11) is 0. The summed E-state index contributed by atoms with van der Waals surface area (Å²) < 4.78 is 2.92. The number of unbranched alkanes of at least 4 members (excludes halogenated alkanes) is 1. The van der Waals surface area contributed by atoms with Crippen LogP contribution in [-0.4, -0.2) is 15.2 Å². The highest BCUT2D eigenvalue weighted by molar-refractivity contribution is 7.04. The van der Waals surface area contributed by atoms with Crippen LogP contribution >= 0.6 is 11.5 Å². The van der Waals surface area contributed by atoms with E-state index in [4.69, 9.17) is 5.11 Å². The smallest absolute Gasteiger partial charge is 0.432 e. The fourth-order valence-electron chi connectivity index (χ4n) is 2.44. The number of hydrogen-bond donors (Lipinski definition) is 1. The van der Waals surface area contributed by atoms with E-state index in [2.05, 4.69) is 57.4 Å². The zero-order valence-corrected chi connectivity index (χ0v) is 15.8. The van der Waals surface area contributed by atoms with Gasteiger partial charge in [0.05, 0.1) is 0 Å². The lowest BCUT2D eigenvalue weighted by Crippen LogP contribution is -2.25. The van der Waals surface area contributed by atoms with Gasteiger partial charge in [-0.1, -0.05) is 34.1 Å². The van der Waals surface area contributed by atoms with Crippen LogP contribution in [0.1, 0.15) is 72.6 Å². The summed E-state index contributed by atoms with van der Waals surface area (Å²) in [4.78, 5) is 14.9. The molecule has 1 amide bonds. The second-order valence-corrected chi connectivity index (χ2v) is 8.96. The Balaban J connectivity index is 3.57. The number of hydrogen-bond acceptors (Lipinski definition) is 2. The zero-order valence-electron chi connectivity index (χ0n) is 15.0. The van der Waals surface area contributed by atoms with Crippen molar-refractivity contribution in [2.24, 2.45) is 10.4 Å². The van der Waals surface area contributed by atoms with Gasteiger partial charge in [-0.15, -0.1) is 0 Å². The first kappa shape index (κ1) is 18.9. The lowest BCUT2D eigenvalue weighted by Gasteiger charge is -2.27. The summed E-state index contributed by atoms with van der Waals surface area (Å²) in [6, 6.07) is 0. The Morgan fingerprint density at radius 3 is 2.23 bits per heavy atom. The minimum atomic E-state index is -1.11. The van der Waals surface area contributed by atoms with Crippen LogP contribution < -0.4 is 4.67 Å². The van der Waals surface area contributed by atoms with Gasteiger partial charge in [0.2, 0.25) is 0 Å². The van der Waals surface area contributed by atoms with Crippen LogP contribution in [-0.2, 0) is 18.4 Å². The van der Waals surface area contributed by atoms with Crippen LogP contribution in [0.4, 0.5) is 4.79 Å². The van der Waals surface area contributed by atoms with E-state index < -0.39 is 6.09 Å². The van der Waals surface area contributed by atoms with Gasteiger partial charge in [-0.25, -0.2) is 4.79 Å². The Labute approximate surface area is 138 Å². The summed E-state index contributed by atoms with van der Waals surface area (Å²) in [6.07, 6.45) is 2.86. The van der Waals surface area contributed by atoms with E-state index in [9.17, 15) is 4.79 Å². The van der Waals surface area contributed by atoms with Gasteiger partial charge in [0.1, 0.15) is 4.67 Å². The Morgan fingerprint density at radius 2 is 1.82 bits per heavy atom. The van der Waals surface area contributed by atoms with Crippen LogP contribution in [0.25, 0.3) is 0 Å². The summed E-state index contributed by atoms with van der Waals surface area (Å²) in [5.41, 5.74) is 2.45. The summed E-state index contributed by atoms with van der Waals surface area (Å²) in [6.45, 7) is 15.3. The molecule has 5 heteroatoms. The first-order valence-electron chi connectivity index (χ1n) is 7.98. The summed E-state index contributed by atoms with van der Waals surface area (Å²) >= 11 is 1.48. The van der Waals surface area contributed by atoms with Crippen molar-refractivity contribution in [3.05, 3.63) is 15.9 Å². The molecular weight excluding hydrogens is 296 g/mol. The molecule has 4 nitrogen and oxygen atoms in total. The number of nitrogens with zero attached hydrogens (tertiary/aromatic N) is 2. The lowest BCUT2D eigenvalue weighted by atomic mass is 9.88. The van der Waals surface area contributed by atoms with E-state index >= 15 is 0 Å². The molecule has 0 spiro atoms. The van der Waals surface area contributed by atoms with E-state index in [0.717, 1.165) is 31.2 Å². The van der Waals surface area contributed by atoms with Crippen molar-refractivity contribution < 1.29 is 9.90 Å². The molecule has 0 saturated heterocycles. The van der Waals surface area contributed by atoms with Crippen molar-refractivity contribution >= 4 is 17.6 Å². The molecule has 0 unspecified atom stereocenters. The third-order valence-corrected chi connectivity index (χ3v) is 4.78. The first-order valence-corrected chi connectivity index (χ1v) is 8.75. The molecule has 0 radical (unpaired) electrons. The van der Waals surface area contributed by atoms with Crippen molar-refractivity contribution in [2.75, 3.05) is 0 Å². The first-order chi connectivity index (χ1) is 9.95. The molecule has 126 valence electrons. The van der Waals surface area contributed by atoms with Gasteiger partial charge < -0.3 is 5.11 Å². The monoisotopic (exact) mass is 326 g/mol. The Hall–Kier alpha value is -1.10. The maximum absolute atomic E-state index is 11.1. The van der Waals surface area contributed by atoms with Gasteiger partial charge in [-0.05, 0) is 57.0 Å². The van der Waals surface area contributed by atoms with Crippen molar-refractivity contribution in [1.82, 2.24) is 3.96 Å². The molecule has 0 fully saturated rings. The van der Waals surface area contributed by atoms with E-state index in [1.165, 1.54) is 17.2 Å². The number of rotatable bonds is 4. The zero-order chi connectivity index (χ0) is 17.1. The quantitative estimate of drug-likeness (QED) is 0.863. The van der Waals surface area contributed by atoms with Crippen molar-refractivity contribution in [3.63, 3.8) is 0 Å². The van der Waals surface area contributed by atoms with Crippen LogP contribution in [0, 0.1) is 5.41 Å². The molecule has 0 aliphatic heterocycles. The highest BCUT2D eigenvalue weighted by Gasteiger charge is 2.26. The van der Waals surface area contributed by atoms with Crippen molar-refractivity contribution in [3.8, 4) is 0 Å². The molecule has 1 heterocycles. The van der Waals surface area contributed by atoms with E-state index in [0.29, 0.717) is 4.67 Å². The molecule has 0 bridgehead atoms. The lowest BCUT2D eigenvalue weighted by molar-refractivity contribution is 0.205. The van der Waals surface area contributed by atoms with Gasteiger partial charge in [0.15, 0.2) is 0 Å². The number of carboxylic acid groups (broad SMARTS) is 1. The van der Waals surface area contributed by atoms with Gasteiger partial charge in [0, 0.05) is 16.8 Å². The highest BCUT2D eigenvalue weighted by atomic mass is 32.1. The molecule has 1 aromatic rings. The Bertz CT molecular complexity index is 583. The van der Waals surface area contributed by atoms with Gasteiger partial charge >= 0.3 is 6.09 Å². The standard InChI is InChI=1S/C17H30N2O2S/c1-8-9-10-12-13(11-16(2,3)4)19(17(5,6)7)22-14(12)18-15(20)21/h8-11H2,1-7H3,(H,20,21). The third kappa shape index (κ3) is 5.27. The number of aromatic nitrogens is 1. The minimum Gasteiger partial charge on any atom is -0.463 e. The Morgan fingerprint density at radius 1 is 1.23 bits per heavy atom. The number of carbonyl (C=O) groups is 1. The number of amides is 1. The molecule has 0 saturated carbocycles. The van der Waals surface area contributed by atoms with Crippen LogP contribution in [0.3, 0.4) is 0 Å². The van der Waals surface area contributed by atoms with Crippen LogP contribution in [0.5, 0.6) is 0 Å². The molecular formula is C17H30N2O2S. The predicted octanol–water partition coefficient (Wildman–Crippen LogP) is 4.81. The average molecular weight is 327 g/mol. The second-order valence-electron chi connectivity index (χ2n) is 8.02. The van der Waals surface area contributed by atoms with Crippen molar-refractivity contribution in [2.45, 2.75) is 79.7 Å². The molecule has 0 aliphatic carbocycles. The molecule has 1 N–H and O–H groups in total. The van der Waals surface area contributed by atoms with E-state index in [1.54, 1.807) is 0 Å². The predicted molar refractivity (Wildman–Crippen MR) is 92.7 cm³/mol. The van der Waals surface area contributed by atoms with E-state index in [-0.39, 0.29) is 11.0 Å². The van der Waals surface area contributed by atoms with Gasteiger partial charge in [-0.2, -0.15) is 4.99 Å². The summed E-state index contributed by atoms with van der Waals surface area (Å²) in [5, 5.41) is 9.08. The molecule has 0 atom stereocenters. The summed E-state index contributed by atoms with van der Waals surface area (Å²) in [5.74, 6) is 0. The second kappa shape index (κ2) is 6.99. The fourth-order valence-corrected chi connectivity index (χ4v) is 3.63. The SMILES string of the molecule is CCCCc1c(CC(C)(C)C)n(C(C)(C)C)sc1=NC(=O)O. The van der Waals surface area contributed by atoms with E-state index in [1.807, 2.05) is 0 Å². The average Bonchev–Trinajstić information content (AvgIpc) is 2.61. The van der Waals surface area contributed by atoms with Gasteiger partial charge in [-0.3, -0.25) is 3.96 Å². The van der Waals surface area contributed by atoms with Crippen LogP contribution in [0.15, 0.2) is 4.99 Å². The van der Waals surface area contributed by atoms with Crippen LogP contribution in [0.2, 0.25) is 0 Å². The largest absolute Gasteiger partial charge is 0.463 e. The molecule has 1 aromatic heterocycles. The minimum absolute atomic E-state index is 0.0709. The molecule has 1 rings (SSSR count). The fraction of sp³-hybridized carbons (Fsp3) is 0.765. The highest BCUT2D eigenvalue weighted by Crippen LogP contribution is 2.29. The maximum atomic E-state index is 11.1. The molecule has 0 aromatic carbocycles.